The Morgan fingerprint density at radius 3 is 2.18 bits per heavy atom. The van der Waals surface area contributed by atoms with E-state index >= 15 is 0 Å². The number of halogens is 1. The van der Waals surface area contributed by atoms with Crippen molar-refractivity contribution in [3.8, 4) is 0 Å². The number of amides is 3. The van der Waals surface area contributed by atoms with Crippen molar-refractivity contribution in [3.63, 3.8) is 0 Å². The van der Waals surface area contributed by atoms with Gasteiger partial charge in [0.2, 0.25) is 5.91 Å². The molecule has 0 aromatic heterocycles. The molecule has 166 valence electrons. The fourth-order valence-electron chi connectivity index (χ4n) is 3.65. The first-order valence-electron chi connectivity index (χ1n) is 10.5. The molecular formula is C26H22FN3O3. The van der Waals surface area contributed by atoms with E-state index in [-0.39, 0.29) is 22.9 Å². The average molecular weight is 443 g/mol. The lowest BCUT2D eigenvalue weighted by molar-refractivity contribution is -0.120. The van der Waals surface area contributed by atoms with E-state index in [1.54, 1.807) is 24.3 Å². The minimum absolute atomic E-state index is 0.0980. The maximum absolute atomic E-state index is 13.8. The molecule has 0 spiro atoms. The number of aryl methyl sites for hydroxylation is 1. The van der Waals surface area contributed by atoms with Gasteiger partial charge in [0.1, 0.15) is 11.5 Å². The van der Waals surface area contributed by atoms with Gasteiger partial charge in [-0.3, -0.25) is 14.4 Å². The molecule has 3 amide bonds. The Morgan fingerprint density at radius 2 is 1.58 bits per heavy atom. The van der Waals surface area contributed by atoms with Crippen molar-refractivity contribution in [2.75, 3.05) is 15.5 Å². The summed E-state index contributed by atoms with van der Waals surface area (Å²) >= 11 is 0. The summed E-state index contributed by atoms with van der Waals surface area (Å²) in [6, 6.07) is 19.5. The Bertz CT molecular complexity index is 1260. The highest BCUT2D eigenvalue weighted by Gasteiger charge is 2.40. The molecule has 2 N–H and O–H groups in total. The Kier molecular flexibility index (Phi) is 6.04. The van der Waals surface area contributed by atoms with Gasteiger partial charge in [-0.25, -0.2) is 9.29 Å². The molecule has 0 bridgehead atoms. The minimum Gasteiger partial charge on any atom is -0.350 e. The van der Waals surface area contributed by atoms with E-state index in [9.17, 15) is 18.8 Å². The highest BCUT2D eigenvalue weighted by Crippen LogP contribution is 2.34. The smallest absolute Gasteiger partial charge is 0.282 e. The van der Waals surface area contributed by atoms with Gasteiger partial charge in [0.05, 0.1) is 11.3 Å². The summed E-state index contributed by atoms with van der Waals surface area (Å²) < 4.78 is 13.8. The van der Waals surface area contributed by atoms with Crippen molar-refractivity contribution in [2.45, 2.75) is 20.3 Å². The lowest BCUT2D eigenvalue weighted by atomic mass is 10.0. The third-order valence-corrected chi connectivity index (χ3v) is 5.28. The van der Waals surface area contributed by atoms with Crippen molar-refractivity contribution in [1.82, 2.24) is 0 Å². The Labute approximate surface area is 190 Å². The number of imide groups is 1. The van der Waals surface area contributed by atoms with E-state index in [0.717, 1.165) is 23.0 Å². The molecule has 7 heteroatoms. The molecule has 33 heavy (non-hydrogen) atoms. The predicted octanol–water partition coefficient (Wildman–Crippen LogP) is 4.74. The molecule has 0 aliphatic carbocycles. The van der Waals surface area contributed by atoms with Crippen LogP contribution in [0.25, 0.3) is 5.57 Å². The minimum atomic E-state index is -0.578. The highest BCUT2D eigenvalue weighted by atomic mass is 19.1. The Balaban J connectivity index is 1.77. The van der Waals surface area contributed by atoms with Crippen LogP contribution in [0, 0.1) is 5.82 Å². The standard InChI is InChI=1S/C26H22FN3O3/c1-3-17-7-11-21(12-8-17)29-24-23(18-9-13-20(14-10-18)28-16(2)31)25(32)30(26(24)33)22-6-4-5-19(27)15-22/h4-15,29H,3H2,1-2H3,(H,28,31). The molecule has 0 fully saturated rings. The molecule has 1 aliphatic heterocycles. The molecule has 3 aromatic rings. The van der Waals surface area contributed by atoms with E-state index < -0.39 is 17.6 Å². The number of carbonyl (C=O) groups is 3. The molecule has 0 unspecified atom stereocenters. The van der Waals surface area contributed by atoms with E-state index in [1.165, 1.54) is 25.1 Å². The van der Waals surface area contributed by atoms with Crippen LogP contribution in [0.3, 0.4) is 0 Å². The van der Waals surface area contributed by atoms with Crippen LogP contribution in [-0.4, -0.2) is 17.7 Å². The van der Waals surface area contributed by atoms with E-state index in [1.807, 2.05) is 31.2 Å². The van der Waals surface area contributed by atoms with Crippen LogP contribution >= 0.6 is 0 Å². The number of nitrogens with one attached hydrogen (secondary N) is 2. The second-order valence-corrected chi connectivity index (χ2v) is 7.61. The molecule has 0 radical (unpaired) electrons. The molecule has 1 heterocycles. The van der Waals surface area contributed by atoms with Crippen LogP contribution in [0.4, 0.5) is 21.5 Å². The first-order valence-corrected chi connectivity index (χ1v) is 10.5. The first kappa shape index (κ1) is 22.0. The van der Waals surface area contributed by atoms with Crippen LogP contribution in [0.2, 0.25) is 0 Å². The van der Waals surface area contributed by atoms with E-state index in [2.05, 4.69) is 10.6 Å². The van der Waals surface area contributed by atoms with Gasteiger partial charge in [0, 0.05) is 18.3 Å². The number of nitrogens with zero attached hydrogens (tertiary/aromatic N) is 1. The number of anilines is 3. The van der Waals surface area contributed by atoms with Gasteiger partial charge in [-0.1, -0.05) is 37.3 Å². The second-order valence-electron chi connectivity index (χ2n) is 7.61. The maximum atomic E-state index is 13.8. The van der Waals surface area contributed by atoms with Crippen LogP contribution in [-0.2, 0) is 20.8 Å². The lowest BCUT2D eigenvalue weighted by Gasteiger charge is -2.15. The number of benzene rings is 3. The van der Waals surface area contributed by atoms with Crippen molar-refractivity contribution in [1.29, 1.82) is 0 Å². The number of hydrogen-bond donors (Lipinski definition) is 2. The summed E-state index contributed by atoms with van der Waals surface area (Å²) in [5, 5.41) is 5.76. The summed E-state index contributed by atoms with van der Waals surface area (Å²) in [4.78, 5) is 39.0. The summed E-state index contributed by atoms with van der Waals surface area (Å²) in [6.45, 7) is 3.45. The number of rotatable bonds is 6. The zero-order valence-corrected chi connectivity index (χ0v) is 18.2. The summed E-state index contributed by atoms with van der Waals surface area (Å²) in [5.41, 5.74) is 3.26. The lowest BCUT2D eigenvalue weighted by Crippen LogP contribution is -2.32. The SMILES string of the molecule is CCc1ccc(NC2=C(c3ccc(NC(C)=O)cc3)C(=O)N(c3cccc(F)c3)C2=O)cc1. The van der Waals surface area contributed by atoms with E-state index in [4.69, 9.17) is 0 Å². The molecular weight excluding hydrogens is 421 g/mol. The molecule has 0 saturated carbocycles. The van der Waals surface area contributed by atoms with Gasteiger partial charge < -0.3 is 10.6 Å². The third kappa shape index (κ3) is 4.52. The van der Waals surface area contributed by atoms with Gasteiger partial charge in [-0.05, 0) is 60.0 Å². The van der Waals surface area contributed by atoms with Gasteiger partial charge >= 0.3 is 0 Å². The first-order chi connectivity index (χ1) is 15.9. The zero-order chi connectivity index (χ0) is 23.5. The normalized spacial score (nSPS) is 13.5. The van der Waals surface area contributed by atoms with Crippen molar-refractivity contribution in [2.24, 2.45) is 0 Å². The summed E-state index contributed by atoms with van der Waals surface area (Å²) in [5.74, 6) is -1.91. The summed E-state index contributed by atoms with van der Waals surface area (Å²) in [7, 11) is 0. The molecule has 4 rings (SSSR count). The van der Waals surface area contributed by atoms with Crippen molar-refractivity contribution >= 4 is 40.4 Å². The topological polar surface area (TPSA) is 78.5 Å². The Hall–Kier alpha value is -4.26. The Morgan fingerprint density at radius 1 is 0.909 bits per heavy atom. The molecule has 6 nitrogen and oxygen atoms in total. The number of hydrogen-bond acceptors (Lipinski definition) is 4. The maximum Gasteiger partial charge on any atom is 0.282 e. The quantitative estimate of drug-likeness (QED) is 0.540. The van der Waals surface area contributed by atoms with Crippen LogP contribution < -0.4 is 15.5 Å². The molecule has 3 aromatic carbocycles. The van der Waals surface area contributed by atoms with E-state index in [0.29, 0.717) is 16.9 Å². The monoisotopic (exact) mass is 443 g/mol. The van der Waals surface area contributed by atoms with Crippen LogP contribution in [0.5, 0.6) is 0 Å². The molecule has 1 aliphatic rings. The van der Waals surface area contributed by atoms with Gasteiger partial charge in [0.25, 0.3) is 11.8 Å². The molecule has 0 atom stereocenters. The van der Waals surface area contributed by atoms with Gasteiger partial charge in [0.15, 0.2) is 0 Å². The fourth-order valence-corrected chi connectivity index (χ4v) is 3.65. The van der Waals surface area contributed by atoms with Crippen molar-refractivity contribution < 1.29 is 18.8 Å². The second kappa shape index (κ2) is 9.08. The third-order valence-electron chi connectivity index (χ3n) is 5.28. The fraction of sp³-hybridized carbons (Fsp3) is 0.115. The van der Waals surface area contributed by atoms with Gasteiger partial charge in [-0.2, -0.15) is 0 Å². The number of carbonyl (C=O) groups excluding carboxylic acids is 3. The van der Waals surface area contributed by atoms with Crippen molar-refractivity contribution in [3.05, 3.63) is 95.4 Å². The zero-order valence-electron chi connectivity index (χ0n) is 18.2. The largest absolute Gasteiger partial charge is 0.350 e. The highest BCUT2D eigenvalue weighted by molar-refractivity contribution is 6.46. The van der Waals surface area contributed by atoms with Gasteiger partial charge in [-0.15, -0.1) is 0 Å². The van der Waals surface area contributed by atoms with Crippen LogP contribution in [0.15, 0.2) is 78.5 Å². The summed E-state index contributed by atoms with van der Waals surface area (Å²) in [6.07, 6.45) is 0.875. The predicted molar refractivity (Wildman–Crippen MR) is 126 cm³/mol. The molecule has 0 saturated heterocycles. The van der Waals surface area contributed by atoms with Crippen LogP contribution in [0.1, 0.15) is 25.0 Å². The average Bonchev–Trinajstić information content (AvgIpc) is 3.04.